The van der Waals surface area contributed by atoms with Crippen molar-refractivity contribution in [3.8, 4) is 0 Å². The average Bonchev–Trinajstić information content (AvgIpc) is 2.41. The second-order valence-corrected chi connectivity index (χ2v) is 6.22. The molecule has 21 heavy (non-hydrogen) atoms. The average molecular weight is 301 g/mol. The lowest BCUT2D eigenvalue weighted by Gasteiger charge is -2.36. The van der Waals surface area contributed by atoms with Gasteiger partial charge in [-0.1, -0.05) is 0 Å². The van der Waals surface area contributed by atoms with Crippen LogP contribution in [0, 0.1) is 0 Å². The normalized spacial score (nSPS) is 19.2. The highest BCUT2D eigenvalue weighted by Gasteiger charge is 2.30. The van der Waals surface area contributed by atoms with Crippen LogP contribution < -0.4 is 0 Å². The van der Waals surface area contributed by atoms with Gasteiger partial charge in [-0.15, -0.1) is 0 Å². The Labute approximate surface area is 126 Å². The first-order chi connectivity index (χ1) is 9.83. The fourth-order valence-electron chi connectivity index (χ4n) is 2.21. The molecule has 0 aromatic carbocycles. The number of amides is 1. The van der Waals surface area contributed by atoms with Crippen molar-refractivity contribution >= 4 is 12.1 Å². The monoisotopic (exact) mass is 301 g/mol. The molecule has 1 fully saturated rings. The van der Waals surface area contributed by atoms with Gasteiger partial charge in [0.25, 0.3) is 0 Å². The summed E-state index contributed by atoms with van der Waals surface area (Å²) in [4.78, 5) is 24.9. The lowest BCUT2D eigenvalue weighted by molar-refractivity contribution is -0.142. The van der Waals surface area contributed by atoms with Crippen LogP contribution in [0.2, 0.25) is 0 Å². The van der Waals surface area contributed by atoms with Gasteiger partial charge in [0, 0.05) is 6.54 Å². The molecule has 0 radical (unpaired) electrons. The Balaban J connectivity index is 2.42. The van der Waals surface area contributed by atoms with Crippen LogP contribution in [0.25, 0.3) is 0 Å². The van der Waals surface area contributed by atoms with Crippen LogP contribution >= 0.6 is 0 Å². The molecule has 6 nitrogen and oxygen atoms in total. The first-order valence-electron chi connectivity index (χ1n) is 7.47. The molecular formula is C15H27NO5. The molecule has 0 aromatic heterocycles. The summed E-state index contributed by atoms with van der Waals surface area (Å²) in [5, 5.41) is 0. The number of piperidine rings is 1. The van der Waals surface area contributed by atoms with E-state index in [1.54, 1.807) is 4.90 Å². The van der Waals surface area contributed by atoms with Crippen molar-refractivity contribution in [1.82, 2.24) is 4.90 Å². The van der Waals surface area contributed by atoms with Crippen LogP contribution in [0.4, 0.5) is 4.79 Å². The predicted molar refractivity (Wildman–Crippen MR) is 78.0 cm³/mol. The number of nitrogens with zero attached hydrogens (tertiary/aromatic N) is 1. The standard InChI is InChI=1S/C15H27NO5/c1-15(2,3)21-14(18)16-9-6-5-7-12(16)11-20-10-8-13(17)19-4/h12H,5-11H2,1-4H3. The van der Waals surface area contributed by atoms with Crippen LogP contribution in [0.15, 0.2) is 0 Å². The van der Waals surface area contributed by atoms with Gasteiger partial charge in [-0.05, 0) is 40.0 Å². The molecular weight excluding hydrogens is 274 g/mol. The SMILES string of the molecule is COC(=O)CCOCC1CCCCN1C(=O)OC(C)(C)C. The lowest BCUT2D eigenvalue weighted by Crippen LogP contribution is -2.48. The second kappa shape index (κ2) is 8.22. The minimum absolute atomic E-state index is 0.0197. The maximum atomic E-state index is 12.2. The van der Waals surface area contributed by atoms with Crippen LogP contribution in [0.5, 0.6) is 0 Å². The Morgan fingerprint density at radius 2 is 1.95 bits per heavy atom. The molecule has 6 heteroatoms. The molecule has 0 spiro atoms. The lowest BCUT2D eigenvalue weighted by atomic mass is 10.0. The summed E-state index contributed by atoms with van der Waals surface area (Å²) in [6.07, 6.45) is 2.90. The van der Waals surface area contributed by atoms with Crippen molar-refractivity contribution in [2.24, 2.45) is 0 Å². The highest BCUT2D eigenvalue weighted by molar-refractivity contribution is 5.69. The van der Waals surface area contributed by atoms with Crippen molar-refractivity contribution < 1.29 is 23.8 Å². The number of hydrogen-bond donors (Lipinski definition) is 0. The first kappa shape index (κ1) is 17.8. The third-order valence-electron chi connectivity index (χ3n) is 3.24. The third kappa shape index (κ3) is 6.80. The molecule has 0 aliphatic carbocycles. The van der Waals surface area contributed by atoms with E-state index in [-0.39, 0.29) is 24.5 Å². The number of hydrogen-bond acceptors (Lipinski definition) is 5. The van der Waals surface area contributed by atoms with E-state index in [0.29, 0.717) is 19.8 Å². The van der Waals surface area contributed by atoms with Gasteiger partial charge in [0.2, 0.25) is 0 Å². The van der Waals surface area contributed by atoms with Crippen molar-refractivity contribution in [3.63, 3.8) is 0 Å². The van der Waals surface area contributed by atoms with Gasteiger partial charge < -0.3 is 19.1 Å². The number of ether oxygens (including phenoxy) is 3. The molecule has 122 valence electrons. The maximum absolute atomic E-state index is 12.2. The highest BCUT2D eigenvalue weighted by Crippen LogP contribution is 2.20. The van der Waals surface area contributed by atoms with Gasteiger partial charge in [-0.25, -0.2) is 4.79 Å². The molecule has 1 atom stereocenters. The smallest absolute Gasteiger partial charge is 0.410 e. The second-order valence-electron chi connectivity index (χ2n) is 6.22. The van der Waals surface area contributed by atoms with Crippen LogP contribution in [0.1, 0.15) is 46.5 Å². The van der Waals surface area contributed by atoms with Gasteiger partial charge in [-0.2, -0.15) is 0 Å². The van der Waals surface area contributed by atoms with Crippen molar-refractivity contribution in [3.05, 3.63) is 0 Å². The predicted octanol–water partition coefficient (Wildman–Crippen LogP) is 2.36. The van der Waals surface area contributed by atoms with E-state index in [2.05, 4.69) is 4.74 Å². The van der Waals surface area contributed by atoms with Gasteiger partial charge in [0.1, 0.15) is 5.60 Å². The van der Waals surface area contributed by atoms with Gasteiger partial charge in [-0.3, -0.25) is 4.79 Å². The van der Waals surface area contributed by atoms with Crippen LogP contribution in [-0.2, 0) is 19.0 Å². The minimum atomic E-state index is -0.495. The summed E-state index contributed by atoms with van der Waals surface area (Å²) < 4.78 is 15.5. The fourth-order valence-corrected chi connectivity index (χ4v) is 2.21. The van der Waals surface area contributed by atoms with E-state index < -0.39 is 5.60 Å². The van der Waals surface area contributed by atoms with E-state index in [1.807, 2.05) is 20.8 Å². The fraction of sp³-hybridized carbons (Fsp3) is 0.867. The van der Waals surface area contributed by atoms with Gasteiger partial charge in [0.05, 0.1) is 32.8 Å². The Kier molecular flexibility index (Phi) is 6.95. The minimum Gasteiger partial charge on any atom is -0.469 e. The number of carbonyl (C=O) groups is 2. The summed E-state index contributed by atoms with van der Waals surface area (Å²) in [6.45, 7) is 7.01. The number of rotatable bonds is 5. The molecule has 1 rings (SSSR count). The Morgan fingerprint density at radius 3 is 2.57 bits per heavy atom. The van der Waals surface area contributed by atoms with Gasteiger partial charge in [0.15, 0.2) is 0 Å². The largest absolute Gasteiger partial charge is 0.469 e. The van der Waals surface area contributed by atoms with Crippen molar-refractivity contribution in [1.29, 1.82) is 0 Å². The third-order valence-corrected chi connectivity index (χ3v) is 3.24. The van der Waals surface area contributed by atoms with E-state index >= 15 is 0 Å². The molecule has 1 heterocycles. The molecule has 1 amide bonds. The highest BCUT2D eigenvalue weighted by atomic mass is 16.6. The van der Waals surface area contributed by atoms with Crippen LogP contribution in [-0.4, -0.2) is 55.5 Å². The van der Waals surface area contributed by atoms with E-state index in [1.165, 1.54) is 7.11 Å². The molecule has 1 aliphatic heterocycles. The summed E-state index contributed by atoms with van der Waals surface area (Å²) in [5.41, 5.74) is -0.495. The van der Waals surface area contributed by atoms with E-state index in [9.17, 15) is 9.59 Å². The Morgan fingerprint density at radius 1 is 1.24 bits per heavy atom. The number of likely N-dealkylation sites (tertiary alicyclic amines) is 1. The zero-order valence-corrected chi connectivity index (χ0v) is 13.5. The Bertz CT molecular complexity index is 350. The van der Waals surface area contributed by atoms with Crippen LogP contribution in [0.3, 0.4) is 0 Å². The van der Waals surface area contributed by atoms with Gasteiger partial charge >= 0.3 is 12.1 Å². The number of carbonyl (C=O) groups excluding carboxylic acids is 2. The number of methoxy groups -OCH3 is 1. The molecule has 0 N–H and O–H groups in total. The summed E-state index contributed by atoms with van der Waals surface area (Å²) in [6, 6.07) is 0.0197. The summed E-state index contributed by atoms with van der Waals surface area (Å²) in [5.74, 6) is -0.289. The maximum Gasteiger partial charge on any atom is 0.410 e. The topological polar surface area (TPSA) is 65.1 Å². The molecule has 1 saturated heterocycles. The van der Waals surface area contributed by atoms with Crippen molar-refractivity contribution in [2.75, 3.05) is 26.9 Å². The molecule has 1 unspecified atom stereocenters. The zero-order chi connectivity index (χ0) is 15.9. The quantitative estimate of drug-likeness (QED) is 0.576. The number of esters is 1. The van der Waals surface area contributed by atoms with E-state index in [4.69, 9.17) is 9.47 Å². The molecule has 0 aromatic rings. The molecule has 1 aliphatic rings. The zero-order valence-electron chi connectivity index (χ0n) is 13.5. The summed E-state index contributed by atoms with van der Waals surface area (Å²) in [7, 11) is 1.35. The Hall–Kier alpha value is -1.30. The molecule has 0 saturated carbocycles. The van der Waals surface area contributed by atoms with E-state index in [0.717, 1.165) is 19.3 Å². The first-order valence-corrected chi connectivity index (χ1v) is 7.47. The summed E-state index contributed by atoms with van der Waals surface area (Å²) >= 11 is 0. The molecule has 0 bridgehead atoms. The van der Waals surface area contributed by atoms with Crippen molar-refractivity contribution in [2.45, 2.75) is 58.1 Å².